The van der Waals surface area contributed by atoms with Gasteiger partial charge in [-0.15, -0.1) is 0 Å². The second-order valence-corrected chi connectivity index (χ2v) is 4.85. The fourth-order valence-corrected chi connectivity index (χ4v) is 2.51. The summed E-state index contributed by atoms with van der Waals surface area (Å²) in [6, 6.07) is 8.35. The van der Waals surface area contributed by atoms with Crippen LogP contribution in [0.2, 0.25) is 0 Å². The summed E-state index contributed by atoms with van der Waals surface area (Å²) in [5.41, 5.74) is 2.67. The van der Waals surface area contributed by atoms with Crippen molar-refractivity contribution < 1.29 is 14.3 Å². The average Bonchev–Trinajstić information content (AvgIpc) is 2.47. The summed E-state index contributed by atoms with van der Waals surface area (Å²) in [6.45, 7) is 0.393. The van der Waals surface area contributed by atoms with E-state index in [9.17, 15) is 4.79 Å². The summed E-state index contributed by atoms with van der Waals surface area (Å²) < 4.78 is 10.1. The van der Waals surface area contributed by atoms with Crippen molar-refractivity contribution in [3.05, 3.63) is 35.4 Å². The van der Waals surface area contributed by atoms with E-state index < -0.39 is 0 Å². The van der Waals surface area contributed by atoms with Crippen molar-refractivity contribution in [2.75, 3.05) is 20.8 Å². The zero-order valence-electron chi connectivity index (χ0n) is 11.5. The van der Waals surface area contributed by atoms with Crippen LogP contribution in [0.25, 0.3) is 0 Å². The molecule has 1 aromatic carbocycles. The largest absolute Gasteiger partial charge is 0.354 e. The fourth-order valence-electron chi connectivity index (χ4n) is 2.51. The lowest BCUT2D eigenvalue weighted by Gasteiger charge is -2.24. The molecular formula is C15H21NO3. The highest BCUT2D eigenvalue weighted by Crippen LogP contribution is 2.25. The molecule has 0 fully saturated rings. The lowest BCUT2D eigenvalue weighted by atomic mass is 9.83. The van der Waals surface area contributed by atoms with Gasteiger partial charge in [0.1, 0.15) is 0 Å². The molecule has 0 bridgehead atoms. The van der Waals surface area contributed by atoms with Gasteiger partial charge in [-0.1, -0.05) is 24.3 Å². The van der Waals surface area contributed by atoms with Gasteiger partial charge in [-0.3, -0.25) is 4.79 Å². The highest BCUT2D eigenvalue weighted by molar-refractivity contribution is 5.79. The van der Waals surface area contributed by atoms with E-state index in [1.165, 1.54) is 11.1 Å². The third kappa shape index (κ3) is 3.55. The molecule has 0 spiro atoms. The van der Waals surface area contributed by atoms with Gasteiger partial charge in [0, 0.05) is 20.1 Å². The minimum atomic E-state index is -0.375. The van der Waals surface area contributed by atoms with Gasteiger partial charge in [0.05, 0.1) is 6.54 Å². The number of rotatable bonds is 5. The Morgan fingerprint density at radius 2 is 2.00 bits per heavy atom. The van der Waals surface area contributed by atoms with Gasteiger partial charge in [0.15, 0.2) is 6.29 Å². The highest BCUT2D eigenvalue weighted by atomic mass is 16.7. The molecule has 1 amide bonds. The molecule has 0 aromatic heterocycles. The maximum atomic E-state index is 12.1. The first-order valence-corrected chi connectivity index (χ1v) is 6.64. The van der Waals surface area contributed by atoms with Crippen molar-refractivity contribution in [3.8, 4) is 0 Å². The van der Waals surface area contributed by atoms with Crippen LogP contribution >= 0.6 is 0 Å². The molecule has 4 heteroatoms. The normalized spacial score (nSPS) is 18.2. The fraction of sp³-hybridized carbons (Fsp3) is 0.533. The van der Waals surface area contributed by atoms with Crippen molar-refractivity contribution >= 4 is 5.91 Å². The number of carbonyl (C=O) groups is 1. The number of hydrogen-bond acceptors (Lipinski definition) is 3. The number of nitrogens with one attached hydrogen (secondary N) is 1. The van der Waals surface area contributed by atoms with Gasteiger partial charge in [-0.2, -0.15) is 0 Å². The summed E-state index contributed by atoms with van der Waals surface area (Å²) in [7, 11) is 3.13. The average molecular weight is 263 g/mol. The number of carbonyl (C=O) groups excluding carboxylic acids is 1. The molecule has 1 atom stereocenters. The molecule has 2 rings (SSSR count). The molecule has 0 radical (unpaired) electrons. The Balaban J connectivity index is 1.88. The zero-order valence-corrected chi connectivity index (χ0v) is 11.5. The summed E-state index contributed by atoms with van der Waals surface area (Å²) in [5.74, 6) is 0.151. The Bertz CT molecular complexity index is 429. The summed E-state index contributed by atoms with van der Waals surface area (Å²) in [5, 5.41) is 2.90. The summed E-state index contributed by atoms with van der Waals surface area (Å²) in [6.07, 6.45) is 2.34. The van der Waals surface area contributed by atoms with Gasteiger partial charge in [-0.05, 0) is 30.4 Å². The number of hydrogen-bond donors (Lipinski definition) is 1. The number of benzene rings is 1. The van der Waals surface area contributed by atoms with E-state index in [0.717, 1.165) is 19.3 Å². The lowest BCUT2D eigenvalue weighted by molar-refractivity contribution is -0.131. The monoisotopic (exact) mass is 263 g/mol. The topological polar surface area (TPSA) is 47.6 Å². The van der Waals surface area contributed by atoms with Gasteiger partial charge < -0.3 is 14.8 Å². The Labute approximate surface area is 114 Å². The van der Waals surface area contributed by atoms with Crippen LogP contribution in [0, 0.1) is 5.92 Å². The Hall–Kier alpha value is -1.39. The van der Waals surface area contributed by atoms with E-state index >= 15 is 0 Å². The number of aryl methyl sites for hydroxylation is 1. The molecule has 104 valence electrons. The summed E-state index contributed by atoms with van der Waals surface area (Å²) >= 11 is 0. The van der Waals surface area contributed by atoms with Gasteiger partial charge in [0.25, 0.3) is 0 Å². The lowest BCUT2D eigenvalue weighted by Crippen LogP contribution is -2.39. The molecule has 1 aliphatic rings. The maximum Gasteiger partial charge on any atom is 0.223 e. The smallest absolute Gasteiger partial charge is 0.223 e. The third-order valence-electron chi connectivity index (χ3n) is 3.69. The predicted octanol–water partition coefficient (Wildman–Crippen LogP) is 1.53. The molecule has 1 aromatic rings. The predicted molar refractivity (Wildman–Crippen MR) is 72.8 cm³/mol. The van der Waals surface area contributed by atoms with E-state index in [1.54, 1.807) is 14.2 Å². The molecule has 1 N–H and O–H groups in total. The van der Waals surface area contributed by atoms with Crippen LogP contribution in [0.1, 0.15) is 17.5 Å². The molecule has 1 unspecified atom stereocenters. The second kappa shape index (κ2) is 6.68. The highest BCUT2D eigenvalue weighted by Gasteiger charge is 2.24. The van der Waals surface area contributed by atoms with Gasteiger partial charge >= 0.3 is 0 Å². The van der Waals surface area contributed by atoms with Crippen molar-refractivity contribution in [2.45, 2.75) is 25.6 Å². The van der Waals surface area contributed by atoms with Crippen LogP contribution in [-0.4, -0.2) is 33.0 Å². The number of ether oxygens (including phenoxy) is 2. The molecule has 0 heterocycles. The van der Waals surface area contributed by atoms with E-state index in [0.29, 0.717) is 6.54 Å². The first kappa shape index (κ1) is 14.0. The van der Waals surface area contributed by atoms with Crippen LogP contribution in [-0.2, 0) is 27.1 Å². The first-order valence-electron chi connectivity index (χ1n) is 6.64. The quantitative estimate of drug-likeness (QED) is 0.820. The Kier molecular flexibility index (Phi) is 4.93. The van der Waals surface area contributed by atoms with E-state index in [1.807, 2.05) is 6.07 Å². The molecule has 0 saturated heterocycles. The minimum Gasteiger partial charge on any atom is -0.354 e. The molecule has 19 heavy (non-hydrogen) atoms. The van der Waals surface area contributed by atoms with Gasteiger partial charge in [0.2, 0.25) is 5.91 Å². The zero-order chi connectivity index (χ0) is 13.7. The molecule has 0 saturated carbocycles. The van der Waals surface area contributed by atoms with Crippen molar-refractivity contribution in [3.63, 3.8) is 0 Å². The van der Waals surface area contributed by atoms with Crippen LogP contribution in [0.5, 0.6) is 0 Å². The third-order valence-corrected chi connectivity index (χ3v) is 3.69. The Morgan fingerprint density at radius 1 is 1.32 bits per heavy atom. The summed E-state index contributed by atoms with van der Waals surface area (Å²) in [4.78, 5) is 12.1. The molecule has 4 nitrogen and oxygen atoms in total. The van der Waals surface area contributed by atoms with E-state index in [4.69, 9.17) is 9.47 Å². The second-order valence-electron chi connectivity index (χ2n) is 4.85. The standard InChI is InChI=1S/C15H21NO3/c1-18-14(19-2)10-16-15(17)13-8-7-11-5-3-4-6-12(11)9-13/h3-6,13-14H,7-10H2,1-2H3,(H,16,17). The molecule has 1 aliphatic carbocycles. The number of amides is 1. The SMILES string of the molecule is COC(CNC(=O)C1CCc2ccccc2C1)OC. The number of methoxy groups -OCH3 is 2. The van der Waals surface area contributed by atoms with E-state index in [-0.39, 0.29) is 18.1 Å². The minimum absolute atomic E-state index is 0.0595. The Morgan fingerprint density at radius 3 is 2.68 bits per heavy atom. The molecule has 0 aliphatic heterocycles. The van der Waals surface area contributed by atoms with Crippen molar-refractivity contribution in [1.82, 2.24) is 5.32 Å². The van der Waals surface area contributed by atoms with Gasteiger partial charge in [-0.25, -0.2) is 0 Å². The van der Waals surface area contributed by atoms with Crippen LogP contribution in [0.3, 0.4) is 0 Å². The van der Waals surface area contributed by atoms with Crippen molar-refractivity contribution in [1.29, 1.82) is 0 Å². The molecular weight excluding hydrogens is 242 g/mol. The van der Waals surface area contributed by atoms with E-state index in [2.05, 4.69) is 23.5 Å². The van der Waals surface area contributed by atoms with Crippen LogP contribution in [0.4, 0.5) is 0 Å². The first-order chi connectivity index (χ1) is 9.24. The van der Waals surface area contributed by atoms with Crippen LogP contribution < -0.4 is 5.32 Å². The van der Waals surface area contributed by atoms with Crippen molar-refractivity contribution in [2.24, 2.45) is 5.92 Å². The maximum absolute atomic E-state index is 12.1. The van der Waals surface area contributed by atoms with Crippen LogP contribution in [0.15, 0.2) is 24.3 Å². The number of fused-ring (bicyclic) bond motifs is 1.